The van der Waals surface area contributed by atoms with E-state index < -0.39 is 23.7 Å². The van der Waals surface area contributed by atoms with Crippen molar-refractivity contribution in [2.45, 2.75) is 38.8 Å². The average Bonchev–Trinajstić information content (AvgIpc) is 2.85. The molecule has 0 aliphatic heterocycles. The Balaban J connectivity index is 1.53. The van der Waals surface area contributed by atoms with Crippen LogP contribution in [0.5, 0.6) is 17.2 Å². The van der Waals surface area contributed by atoms with Gasteiger partial charge in [-0.3, -0.25) is 4.79 Å². The molecule has 1 aromatic heterocycles. The van der Waals surface area contributed by atoms with Crippen molar-refractivity contribution in [1.29, 1.82) is 0 Å². The first-order valence-electron chi connectivity index (χ1n) is 11.7. The highest BCUT2D eigenvalue weighted by Crippen LogP contribution is 2.24. The minimum absolute atomic E-state index is 0.0351. The second-order valence-electron chi connectivity index (χ2n) is 9.31. The van der Waals surface area contributed by atoms with Gasteiger partial charge in [0.05, 0.1) is 5.39 Å². The minimum Gasteiger partial charge on any atom is -0.460 e. The normalized spacial score (nSPS) is 12.0. The van der Waals surface area contributed by atoms with Gasteiger partial charge in [0, 0.05) is 12.5 Å². The molecule has 0 aliphatic carbocycles. The lowest BCUT2D eigenvalue weighted by Crippen LogP contribution is -2.46. The van der Waals surface area contributed by atoms with E-state index >= 15 is 0 Å². The van der Waals surface area contributed by atoms with Gasteiger partial charge >= 0.3 is 12.1 Å². The van der Waals surface area contributed by atoms with Crippen molar-refractivity contribution >= 4 is 23.0 Å². The molecule has 1 atom stereocenters. The summed E-state index contributed by atoms with van der Waals surface area (Å²) in [6.07, 6.45) is 0.675. The van der Waals surface area contributed by atoms with Crippen LogP contribution in [0, 0.1) is 0 Å². The Bertz CT molecular complexity index is 1440. The Morgan fingerprint density at radius 3 is 2.27 bits per heavy atom. The smallest absolute Gasteiger partial charge is 0.408 e. The van der Waals surface area contributed by atoms with Crippen molar-refractivity contribution < 1.29 is 28.2 Å². The Labute approximate surface area is 213 Å². The molecule has 4 rings (SSSR count). The van der Waals surface area contributed by atoms with E-state index in [9.17, 15) is 14.4 Å². The summed E-state index contributed by atoms with van der Waals surface area (Å²) < 4.78 is 22.1. The fourth-order valence-corrected chi connectivity index (χ4v) is 3.52. The maximum absolute atomic E-state index is 13.1. The predicted molar refractivity (Wildman–Crippen MR) is 138 cm³/mol. The zero-order valence-electron chi connectivity index (χ0n) is 20.7. The number of benzene rings is 3. The molecule has 8 nitrogen and oxygen atoms in total. The largest absolute Gasteiger partial charge is 0.460 e. The number of esters is 1. The van der Waals surface area contributed by atoms with Crippen LogP contribution in [0.2, 0.25) is 0 Å². The zero-order valence-corrected chi connectivity index (χ0v) is 20.7. The molecule has 1 N–H and O–H groups in total. The van der Waals surface area contributed by atoms with Gasteiger partial charge in [-0.15, -0.1) is 0 Å². The van der Waals surface area contributed by atoms with Crippen LogP contribution in [0.4, 0.5) is 4.79 Å². The summed E-state index contributed by atoms with van der Waals surface area (Å²) in [5.41, 5.74) is -0.0486. The van der Waals surface area contributed by atoms with Crippen molar-refractivity contribution in [1.82, 2.24) is 5.32 Å². The van der Waals surface area contributed by atoms with Gasteiger partial charge in [-0.25, -0.2) is 9.59 Å². The Morgan fingerprint density at radius 1 is 0.919 bits per heavy atom. The van der Waals surface area contributed by atoms with Crippen LogP contribution in [-0.2, 0) is 16.0 Å². The standard InChI is InChI=1S/C29H27NO7/c1-29(2,3)37-28(33)30-23(16-19-10-6-4-7-11-19)27(32)36-21-14-15-22-24(17-21)34-18-25(26(22)31)35-20-12-8-5-9-13-20/h4-15,17-18,23H,16H2,1-3H3,(H,30,33)/t23-/m1/s1. The number of ether oxygens (including phenoxy) is 3. The van der Waals surface area contributed by atoms with E-state index in [1.54, 1.807) is 45.0 Å². The third-order valence-electron chi connectivity index (χ3n) is 5.16. The van der Waals surface area contributed by atoms with E-state index in [-0.39, 0.29) is 34.3 Å². The Kier molecular flexibility index (Phi) is 7.57. The maximum Gasteiger partial charge on any atom is 0.408 e. The van der Waals surface area contributed by atoms with Crippen LogP contribution in [0.25, 0.3) is 11.0 Å². The molecule has 0 bridgehead atoms. The molecule has 0 saturated carbocycles. The second kappa shape index (κ2) is 11.0. The fraction of sp³-hybridized carbons (Fsp3) is 0.207. The van der Waals surface area contributed by atoms with Crippen LogP contribution in [-0.4, -0.2) is 23.7 Å². The van der Waals surface area contributed by atoms with Crippen LogP contribution < -0.4 is 20.2 Å². The summed E-state index contributed by atoms with van der Waals surface area (Å²) in [7, 11) is 0. The van der Waals surface area contributed by atoms with E-state index in [0.29, 0.717) is 5.75 Å². The van der Waals surface area contributed by atoms with Gasteiger partial charge in [0.15, 0.2) is 0 Å². The molecule has 8 heteroatoms. The zero-order chi connectivity index (χ0) is 26.4. The number of hydrogen-bond acceptors (Lipinski definition) is 7. The molecular formula is C29H27NO7. The van der Waals surface area contributed by atoms with Crippen LogP contribution in [0.1, 0.15) is 26.3 Å². The van der Waals surface area contributed by atoms with Crippen molar-refractivity contribution in [2.24, 2.45) is 0 Å². The summed E-state index contributed by atoms with van der Waals surface area (Å²) >= 11 is 0. The molecular weight excluding hydrogens is 474 g/mol. The highest BCUT2D eigenvalue weighted by molar-refractivity contribution is 5.85. The van der Waals surface area contributed by atoms with Crippen LogP contribution >= 0.6 is 0 Å². The number of para-hydroxylation sites is 1. The monoisotopic (exact) mass is 501 g/mol. The molecule has 0 saturated heterocycles. The number of carbonyl (C=O) groups is 2. The minimum atomic E-state index is -1.01. The fourth-order valence-electron chi connectivity index (χ4n) is 3.52. The molecule has 0 radical (unpaired) electrons. The van der Waals surface area contributed by atoms with Gasteiger partial charge < -0.3 is 23.9 Å². The number of hydrogen-bond donors (Lipinski definition) is 1. The summed E-state index contributed by atoms with van der Waals surface area (Å²) in [5, 5.41) is 2.86. The van der Waals surface area contributed by atoms with Crippen molar-refractivity contribution in [2.75, 3.05) is 0 Å². The van der Waals surface area contributed by atoms with E-state index in [1.807, 2.05) is 36.4 Å². The maximum atomic E-state index is 13.1. The first kappa shape index (κ1) is 25.5. The van der Waals surface area contributed by atoms with Crippen LogP contribution in [0.3, 0.4) is 0 Å². The number of carbonyl (C=O) groups excluding carboxylic acids is 2. The number of fused-ring (bicyclic) bond motifs is 1. The highest BCUT2D eigenvalue weighted by Gasteiger charge is 2.26. The Morgan fingerprint density at radius 2 is 1.59 bits per heavy atom. The molecule has 0 fully saturated rings. The topological polar surface area (TPSA) is 104 Å². The third kappa shape index (κ3) is 6.98. The van der Waals surface area contributed by atoms with Gasteiger partial charge in [0.2, 0.25) is 11.2 Å². The average molecular weight is 502 g/mol. The molecule has 0 unspecified atom stereocenters. The van der Waals surface area contributed by atoms with Gasteiger partial charge in [0.25, 0.3) is 0 Å². The highest BCUT2D eigenvalue weighted by atomic mass is 16.6. The molecule has 37 heavy (non-hydrogen) atoms. The third-order valence-corrected chi connectivity index (χ3v) is 5.16. The molecule has 0 spiro atoms. The lowest BCUT2D eigenvalue weighted by molar-refractivity contribution is -0.136. The molecule has 3 aromatic carbocycles. The van der Waals surface area contributed by atoms with E-state index in [0.717, 1.165) is 5.56 Å². The van der Waals surface area contributed by atoms with E-state index in [1.165, 1.54) is 24.5 Å². The number of nitrogens with one attached hydrogen (secondary N) is 1. The first-order valence-corrected chi connectivity index (χ1v) is 11.7. The predicted octanol–water partition coefficient (Wildman–Crippen LogP) is 5.63. The molecule has 0 aliphatic rings. The quantitative estimate of drug-likeness (QED) is 0.259. The Hall–Kier alpha value is -4.59. The van der Waals surface area contributed by atoms with Gasteiger partial charge in [-0.2, -0.15) is 0 Å². The molecule has 190 valence electrons. The summed E-state index contributed by atoms with van der Waals surface area (Å²) in [6.45, 7) is 5.20. The first-order chi connectivity index (χ1) is 17.7. The van der Waals surface area contributed by atoms with Gasteiger partial charge in [-0.05, 0) is 50.6 Å². The number of alkyl carbamates (subject to hydrolysis) is 1. The molecule has 4 aromatic rings. The molecule has 1 heterocycles. The van der Waals surface area contributed by atoms with E-state index in [2.05, 4.69) is 5.32 Å². The molecule has 1 amide bonds. The van der Waals surface area contributed by atoms with Crippen LogP contribution in [0.15, 0.2) is 94.3 Å². The lowest BCUT2D eigenvalue weighted by atomic mass is 10.1. The summed E-state index contributed by atoms with van der Waals surface area (Å²) in [5.74, 6) is -0.00329. The summed E-state index contributed by atoms with van der Waals surface area (Å²) in [6, 6.07) is 21.5. The lowest BCUT2D eigenvalue weighted by Gasteiger charge is -2.23. The second-order valence-corrected chi connectivity index (χ2v) is 9.31. The van der Waals surface area contributed by atoms with Crippen molar-refractivity contribution in [3.8, 4) is 17.2 Å². The summed E-state index contributed by atoms with van der Waals surface area (Å²) in [4.78, 5) is 38.3. The van der Waals surface area contributed by atoms with Crippen molar-refractivity contribution in [3.63, 3.8) is 0 Å². The van der Waals surface area contributed by atoms with E-state index in [4.69, 9.17) is 18.6 Å². The van der Waals surface area contributed by atoms with Crippen molar-refractivity contribution in [3.05, 3.63) is 101 Å². The van der Waals surface area contributed by atoms with Gasteiger partial charge in [-0.1, -0.05) is 48.5 Å². The number of rotatable bonds is 7. The van der Waals surface area contributed by atoms with Gasteiger partial charge in [0.1, 0.15) is 35.0 Å². The number of amides is 1. The SMILES string of the molecule is CC(C)(C)OC(=O)N[C@H](Cc1ccccc1)C(=O)Oc1ccc2c(=O)c(Oc3ccccc3)coc2c1.